The van der Waals surface area contributed by atoms with Crippen molar-refractivity contribution in [3.63, 3.8) is 0 Å². The number of esters is 1. The van der Waals surface area contributed by atoms with Crippen LogP contribution in [0.5, 0.6) is 0 Å². The second kappa shape index (κ2) is 4.19. The van der Waals surface area contributed by atoms with Gasteiger partial charge < -0.3 is 4.74 Å². The van der Waals surface area contributed by atoms with Gasteiger partial charge in [-0.1, -0.05) is 19.1 Å². The molecule has 0 aliphatic carbocycles. The van der Waals surface area contributed by atoms with E-state index in [0.29, 0.717) is 17.7 Å². The van der Waals surface area contributed by atoms with E-state index in [-0.39, 0.29) is 11.9 Å². The van der Waals surface area contributed by atoms with E-state index < -0.39 is 0 Å². The van der Waals surface area contributed by atoms with Crippen LogP contribution in [-0.2, 0) is 9.53 Å². The van der Waals surface area contributed by atoms with Crippen LogP contribution >= 0.6 is 0 Å². The molecule has 0 amide bonds. The summed E-state index contributed by atoms with van der Waals surface area (Å²) < 4.78 is 5.09. The van der Waals surface area contributed by atoms with Gasteiger partial charge in [-0.3, -0.25) is 4.79 Å². The van der Waals surface area contributed by atoms with Gasteiger partial charge in [-0.25, -0.2) is 0 Å². The van der Waals surface area contributed by atoms with Gasteiger partial charge in [0.25, 0.3) is 0 Å². The Kier molecular flexibility index (Phi) is 2.74. The van der Waals surface area contributed by atoms with E-state index in [1.807, 2.05) is 25.1 Å². The maximum atomic E-state index is 11.0. The lowest BCUT2D eigenvalue weighted by atomic mass is 10.1. The monoisotopic (exact) mass is 213 g/mol. The molecular weight excluding hydrogens is 202 g/mol. The quantitative estimate of drug-likeness (QED) is 0.673. The Morgan fingerprint density at radius 1 is 1.44 bits per heavy atom. The molecule has 3 nitrogen and oxygen atoms in total. The summed E-state index contributed by atoms with van der Waals surface area (Å²) in [6.07, 6.45) is 2.29. The number of benzene rings is 1. The Hall–Kier alpha value is -2.08. The van der Waals surface area contributed by atoms with Crippen LogP contribution in [0.4, 0.5) is 0 Å². The van der Waals surface area contributed by atoms with Crippen LogP contribution < -0.4 is 0 Å². The molecule has 1 fully saturated rings. The highest BCUT2D eigenvalue weighted by molar-refractivity contribution is 5.76. The van der Waals surface area contributed by atoms with E-state index in [0.717, 1.165) is 5.56 Å². The summed E-state index contributed by atoms with van der Waals surface area (Å²) in [4.78, 5) is 11.0. The molecule has 0 N–H and O–H groups in total. The minimum Gasteiger partial charge on any atom is -0.431 e. The van der Waals surface area contributed by atoms with Crippen molar-refractivity contribution in [3.8, 4) is 6.07 Å². The van der Waals surface area contributed by atoms with E-state index in [1.165, 1.54) is 0 Å². The molecule has 0 saturated carbocycles. The summed E-state index contributed by atoms with van der Waals surface area (Å²) in [6, 6.07) is 9.22. The topological polar surface area (TPSA) is 50.1 Å². The van der Waals surface area contributed by atoms with Gasteiger partial charge in [-0.15, -0.1) is 0 Å². The lowest BCUT2D eigenvalue weighted by Gasteiger charge is -2.01. The van der Waals surface area contributed by atoms with Crippen LogP contribution in [0.1, 0.15) is 24.5 Å². The molecule has 0 aromatic heterocycles. The molecule has 0 bridgehead atoms. The summed E-state index contributed by atoms with van der Waals surface area (Å²) in [5.41, 5.74) is 1.56. The maximum absolute atomic E-state index is 11.0. The van der Waals surface area contributed by atoms with E-state index in [1.54, 1.807) is 12.1 Å². The summed E-state index contributed by atoms with van der Waals surface area (Å²) in [6.45, 7) is 1.96. The van der Waals surface area contributed by atoms with Crippen LogP contribution in [0.3, 0.4) is 0 Å². The van der Waals surface area contributed by atoms with Crippen molar-refractivity contribution in [1.29, 1.82) is 5.26 Å². The smallest absolute Gasteiger partial charge is 0.311 e. The molecule has 3 heteroatoms. The first-order chi connectivity index (χ1) is 7.69. The van der Waals surface area contributed by atoms with E-state index in [9.17, 15) is 4.79 Å². The number of hydrogen-bond acceptors (Lipinski definition) is 3. The maximum Gasteiger partial charge on any atom is 0.311 e. The predicted octanol–water partition coefficient (Wildman–Crippen LogP) is 2.48. The second-order valence-corrected chi connectivity index (χ2v) is 3.86. The highest BCUT2D eigenvalue weighted by atomic mass is 16.5. The number of hydrogen-bond donors (Lipinski definition) is 0. The number of cyclic esters (lactones) is 1. The van der Waals surface area contributed by atoms with Gasteiger partial charge in [0.1, 0.15) is 5.76 Å². The number of rotatable bonds is 1. The van der Waals surface area contributed by atoms with Gasteiger partial charge in [-0.05, 0) is 23.8 Å². The van der Waals surface area contributed by atoms with Crippen LogP contribution in [0.15, 0.2) is 30.0 Å². The molecule has 1 unspecified atom stereocenters. The van der Waals surface area contributed by atoms with E-state index in [4.69, 9.17) is 10.00 Å². The largest absolute Gasteiger partial charge is 0.431 e. The van der Waals surface area contributed by atoms with Crippen LogP contribution in [0, 0.1) is 17.2 Å². The van der Waals surface area contributed by atoms with E-state index in [2.05, 4.69) is 6.07 Å². The average Bonchev–Trinajstić information content (AvgIpc) is 2.59. The fourth-order valence-corrected chi connectivity index (χ4v) is 1.61. The van der Waals surface area contributed by atoms with Crippen molar-refractivity contribution in [3.05, 3.63) is 41.2 Å². The zero-order valence-corrected chi connectivity index (χ0v) is 8.93. The highest BCUT2D eigenvalue weighted by Crippen LogP contribution is 2.27. The molecule has 0 radical (unpaired) electrons. The molecule has 1 aromatic rings. The van der Waals surface area contributed by atoms with Gasteiger partial charge in [0, 0.05) is 5.92 Å². The molecule has 16 heavy (non-hydrogen) atoms. The third-order valence-electron chi connectivity index (χ3n) is 2.54. The molecule has 0 spiro atoms. The first kappa shape index (κ1) is 10.4. The van der Waals surface area contributed by atoms with Gasteiger partial charge in [0.05, 0.1) is 18.1 Å². The SMILES string of the molecule is CC1CC(=O)O/C1=C/c1ccc(C#N)cc1. The standard InChI is InChI=1S/C13H11NO2/c1-9-6-13(15)16-12(9)7-10-2-4-11(8-14)5-3-10/h2-5,7,9H,6H2,1H3/b12-7+. The van der Waals surface area contributed by atoms with Gasteiger partial charge >= 0.3 is 5.97 Å². The first-order valence-electron chi connectivity index (χ1n) is 5.11. The van der Waals surface area contributed by atoms with Crippen molar-refractivity contribution in [2.75, 3.05) is 0 Å². The van der Waals surface area contributed by atoms with Gasteiger partial charge in [-0.2, -0.15) is 5.26 Å². The van der Waals surface area contributed by atoms with Crippen molar-refractivity contribution in [2.24, 2.45) is 5.92 Å². The molecular formula is C13H11NO2. The normalized spacial score (nSPS) is 21.9. The number of allylic oxidation sites excluding steroid dienone is 1. The number of nitrogens with zero attached hydrogens (tertiary/aromatic N) is 1. The van der Waals surface area contributed by atoms with Crippen LogP contribution in [0.2, 0.25) is 0 Å². The van der Waals surface area contributed by atoms with Gasteiger partial charge in [0.2, 0.25) is 0 Å². The Morgan fingerprint density at radius 2 is 2.12 bits per heavy atom. The minimum absolute atomic E-state index is 0.142. The summed E-state index contributed by atoms with van der Waals surface area (Å²) in [5.74, 6) is 0.672. The molecule has 1 atom stereocenters. The molecule has 80 valence electrons. The Labute approximate surface area is 94.0 Å². The highest BCUT2D eigenvalue weighted by Gasteiger charge is 2.25. The third-order valence-corrected chi connectivity index (χ3v) is 2.54. The Morgan fingerprint density at radius 3 is 2.62 bits per heavy atom. The average molecular weight is 213 g/mol. The van der Waals surface area contributed by atoms with E-state index >= 15 is 0 Å². The summed E-state index contributed by atoms with van der Waals surface area (Å²) in [7, 11) is 0. The van der Waals surface area contributed by atoms with Crippen molar-refractivity contribution >= 4 is 12.0 Å². The number of ether oxygens (including phenoxy) is 1. The molecule has 1 saturated heterocycles. The van der Waals surface area contributed by atoms with Crippen LogP contribution in [-0.4, -0.2) is 5.97 Å². The second-order valence-electron chi connectivity index (χ2n) is 3.86. The zero-order valence-electron chi connectivity index (χ0n) is 8.93. The fraction of sp³-hybridized carbons (Fsp3) is 0.231. The minimum atomic E-state index is -0.174. The van der Waals surface area contributed by atoms with Crippen molar-refractivity contribution < 1.29 is 9.53 Å². The first-order valence-corrected chi connectivity index (χ1v) is 5.11. The molecule has 2 rings (SSSR count). The number of carbonyl (C=O) groups excluding carboxylic acids is 1. The fourth-order valence-electron chi connectivity index (χ4n) is 1.61. The summed E-state index contributed by atoms with van der Waals surface area (Å²) in [5, 5.41) is 8.65. The Balaban J connectivity index is 2.23. The number of nitriles is 1. The zero-order chi connectivity index (χ0) is 11.5. The van der Waals surface area contributed by atoms with Gasteiger partial charge in [0.15, 0.2) is 0 Å². The molecule has 1 aliphatic heterocycles. The van der Waals surface area contributed by atoms with Crippen molar-refractivity contribution in [1.82, 2.24) is 0 Å². The third kappa shape index (κ3) is 2.12. The Bertz CT molecular complexity index is 480. The predicted molar refractivity (Wildman–Crippen MR) is 59.0 cm³/mol. The van der Waals surface area contributed by atoms with Crippen molar-refractivity contribution in [2.45, 2.75) is 13.3 Å². The lowest BCUT2D eigenvalue weighted by Crippen LogP contribution is -1.89. The summed E-state index contributed by atoms with van der Waals surface area (Å²) >= 11 is 0. The lowest BCUT2D eigenvalue weighted by molar-refractivity contribution is -0.135. The molecule has 1 heterocycles. The number of carbonyl (C=O) groups is 1. The molecule has 1 aromatic carbocycles. The molecule has 1 aliphatic rings. The van der Waals surface area contributed by atoms with Crippen LogP contribution in [0.25, 0.3) is 6.08 Å².